The summed E-state index contributed by atoms with van der Waals surface area (Å²) < 4.78 is 5.93. The lowest BCUT2D eigenvalue weighted by Crippen LogP contribution is -2.31. The maximum absolute atomic E-state index is 13.3. The van der Waals surface area contributed by atoms with E-state index in [4.69, 9.17) is 4.74 Å². The van der Waals surface area contributed by atoms with E-state index < -0.39 is 23.5 Å². The van der Waals surface area contributed by atoms with Crippen LogP contribution < -0.4 is 16.2 Å². The monoisotopic (exact) mass is 504 g/mol. The van der Waals surface area contributed by atoms with Crippen LogP contribution in [0.4, 0.5) is 11.4 Å². The van der Waals surface area contributed by atoms with Gasteiger partial charge in [-0.2, -0.15) is 0 Å². The van der Waals surface area contributed by atoms with Gasteiger partial charge >= 0.3 is 5.97 Å². The summed E-state index contributed by atoms with van der Waals surface area (Å²) in [5.41, 5.74) is 2.36. The number of esters is 1. The predicted molar refractivity (Wildman–Crippen MR) is 139 cm³/mol. The van der Waals surface area contributed by atoms with Crippen molar-refractivity contribution in [3.63, 3.8) is 0 Å². The van der Waals surface area contributed by atoms with Crippen molar-refractivity contribution in [2.75, 3.05) is 17.7 Å². The van der Waals surface area contributed by atoms with E-state index in [1.165, 1.54) is 24.1 Å². The molecule has 0 saturated heterocycles. The van der Waals surface area contributed by atoms with Crippen molar-refractivity contribution in [1.29, 1.82) is 0 Å². The van der Waals surface area contributed by atoms with Gasteiger partial charge in [0.15, 0.2) is 0 Å². The molecular formula is C26H24N4O5S. The van der Waals surface area contributed by atoms with Crippen LogP contribution in [0.5, 0.6) is 0 Å². The number of aromatic nitrogens is 2. The van der Waals surface area contributed by atoms with E-state index in [0.29, 0.717) is 32.0 Å². The number of anilines is 2. The Kier molecular flexibility index (Phi) is 6.98. The SMILES string of the molecule is COC(=O)c1cccc(NC(=O)C(C)n2cnc3sc(C(=O)Nc4ccccc4C)c(C)c3c2=O)c1. The van der Waals surface area contributed by atoms with Gasteiger partial charge in [-0.1, -0.05) is 24.3 Å². The Morgan fingerprint density at radius 2 is 1.81 bits per heavy atom. The molecule has 0 aliphatic carbocycles. The predicted octanol–water partition coefficient (Wildman–Crippen LogP) is 4.31. The fraction of sp³-hybridized carbons (Fsp3) is 0.192. The van der Waals surface area contributed by atoms with Gasteiger partial charge in [0.1, 0.15) is 10.9 Å². The molecule has 0 spiro atoms. The smallest absolute Gasteiger partial charge is 0.337 e. The zero-order valence-electron chi connectivity index (χ0n) is 20.1. The highest BCUT2D eigenvalue weighted by Gasteiger charge is 2.23. The van der Waals surface area contributed by atoms with E-state index in [9.17, 15) is 19.2 Å². The van der Waals surface area contributed by atoms with Crippen molar-refractivity contribution in [1.82, 2.24) is 9.55 Å². The van der Waals surface area contributed by atoms with Gasteiger partial charge in [0.25, 0.3) is 11.5 Å². The van der Waals surface area contributed by atoms with Gasteiger partial charge in [-0.15, -0.1) is 11.3 Å². The molecule has 2 aromatic carbocycles. The highest BCUT2D eigenvalue weighted by atomic mass is 32.1. The molecule has 0 bridgehead atoms. The van der Waals surface area contributed by atoms with E-state index in [-0.39, 0.29) is 11.5 Å². The molecule has 184 valence electrons. The third-order valence-electron chi connectivity index (χ3n) is 5.82. The van der Waals surface area contributed by atoms with E-state index in [1.807, 2.05) is 31.2 Å². The summed E-state index contributed by atoms with van der Waals surface area (Å²) in [6.07, 6.45) is 1.30. The van der Waals surface area contributed by atoms with Crippen LogP contribution >= 0.6 is 11.3 Å². The largest absolute Gasteiger partial charge is 0.465 e. The second-order valence-corrected chi connectivity index (χ2v) is 9.20. The van der Waals surface area contributed by atoms with Gasteiger partial charge in [-0.25, -0.2) is 9.78 Å². The van der Waals surface area contributed by atoms with E-state index >= 15 is 0 Å². The summed E-state index contributed by atoms with van der Waals surface area (Å²) in [6, 6.07) is 12.8. The van der Waals surface area contributed by atoms with Crippen molar-refractivity contribution in [3.05, 3.63) is 86.8 Å². The number of rotatable bonds is 6. The summed E-state index contributed by atoms with van der Waals surface area (Å²) in [5.74, 6) is -1.32. The summed E-state index contributed by atoms with van der Waals surface area (Å²) >= 11 is 1.13. The third-order valence-corrected chi connectivity index (χ3v) is 7.02. The number of fused-ring (bicyclic) bond motifs is 1. The summed E-state index contributed by atoms with van der Waals surface area (Å²) in [4.78, 5) is 56.1. The number of benzene rings is 2. The molecule has 1 unspecified atom stereocenters. The van der Waals surface area contributed by atoms with Crippen molar-refractivity contribution in [2.45, 2.75) is 26.8 Å². The minimum atomic E-state index is -0.903. The first-order valence-corrected chi connectivity index (χ1v) is 11.9. The van der Waals surface area contributed by atoms with Crippen molar-refractivity contribution >= 4 is 50.7 Å². The second-order valence-electron chi connectivity index (χ2n) is 8.20. The average Bonchev–Trinajstić information content (AvgIpc) is 3.22. The Bertz CT molecular complexity index is 1560. The lowest BCUT2D eigenvalue weighted by atomic mass is 10.1. The van der Waals surface area contributed by atoms with Gasteiger partial charge < -0.3 is 15.4 Å². The Morgan fingerprint density at radius 1 is 1.06 bits per heavy atom. The molecule has 9 nitrogen and oxygen atoms in total. The zero-order valence-corrected chi connectivity index (χ0v) is 20.9. The van der Waals surface area contributed by atoms with Gasteiger partial charge in [0.2, 0.25) is 5.91 Å². The molecule has 0 radical (unpaired) electrons. The quantitative estimate of drug-likeness (QED) is 0.378. The minimum Gasteiger partial charge on any atom is -0.465 e. The molecule has 0 saturated carbocycles. The van der Waals surface area contributed by atoms with Crippen LogP contribution in [0.3, 0.4) is 0 Å². The first-order valence-electron chi connectivity index (χ1n) is 11.1. The van der Waals surface area contributed by atoms with E-state index in [0.717, 1.165) is 16.9 Å². The first-order chi connectivity index (χ1) is 17.2. The van der Waals surface area contributed by atoms with Crippen LogP contribution in [0.15, 0.2) is 59.7 Å². The van der Waals surface area contributed by atoms with Crippen molar-refractivity contribution in [2.24, 2.45) is 0 Å². The highest BCUT2D eigenvalue weighted by molar-refractivity contribution is 7.20. The fourth-order valence-corrected chi connectivity index (χ4v) is 4.77. The maximum atomic E-state index is 13.3. The molecule has 2 N–H and O–H groups in total. The molecule has 2 amide bonds. The standard InChI is InChI=1S/C26H24N4O5S/c1-14-8-5-6-11-19(14)29-23(32)21-15(2)20-24(36-21)27-13-30(25(20)33)16(3)22(31)28-18-10-7-9-17(12-18)26(34)35-4/h5-13,16H,1-4H3,(H,28,31)(H,29,32). The summed E-state index contributed by atoms with van der Waals surface area (Å²) in [7, 11) is 1.27. The first kappa shape index (κ1) is 24.8. The Morgan fingerprint density at radius 3 is 2.53 bits per heavy atom. The lowest BCUT2D eigenvalue weighted by Gasteiger charge is -2.15. The number of nitrogens with one attached hydrogen (secondary N) is 2. The molecule has 2 heterocycles. The van der Waals surface area contributed by atoms with Gasteiger partial charge in [-0.05, 0) is 56.2 Å². The normalized spacial score (nSPS) is 11.7. The molecule has 4 aromatic rings. The van der Waals surface area contributed by atoms with Crippen molar-refractivity contribution < 1.29 is 19.1 Å². The minimum absolute atomic E-state index is 0.286. The fourth-order valence-electron chi connectivity index (χ4n) is 3.74. The van der Waals surface area contributed by atoms with Crippen LogP contribution in [0.25, 0.3) is 10.2 Å². The summed E-state index contributed by atoms with van der Waals surface area (Å²) in [6.45, 7) is 5.16. The summed E-state index contributed by atoms with van der Waals surface area (Å²) in [5, 5.41) is 5.89. The second kappa shape index (κ2) is 10.1. The Balaban J connectivity index is 1.61. The lowest BCUT2D eigenvalue weighted by molar-refractivity contribution is -0.118. The van der Waals surface area contributed by atoms with Gasteiger partial charge in [0, 0.05) is 11.4 Å². The molecule has 0 fully saturated rings. The number of ether oxygens (including phenoxy) is 1. The van der Waals surface area contributed by atoms with Crippen LogP contribution in [0.2, 0.25) is 0 Å². The third kappa shape index (κ3) is 4.76. The Labute approximate surface area is 210 Å². The number of amides is 2. The van der Waals surface area contributed by atoms with Crippen LogP contribution in [-0.4, -0.2) is 34.4 Å². The number of para-hydroxylation sites is 1. The number of thiophene rings is 1. The van der Waals surface area contributed by atoms with Gasteiger partial charge in [-0.3, -0.25) is 19.0 Å². The Hall–Kier alpha value is -4.31. The molecular weight excluding hydrogens is 480 g/mol. The van der Waals surface area contributed by atoms with Crippen molar-refractivity contribution in [3.8, 4) is 0 Å². The number of nitrogens with zero attached hydrogens (tertiary/aromatic N) is 2. The number of methoxy groups -OCH3 is 1. The van der Waals surface area contributed by atoms with Crippen LogP contribution in [0, 0.1) is 13.8 Å². The molecule has 0 aliphatic rings. The number of carbonyl (C=O) groups is 3. The number of carbonyl (C=O) groups excluding carboxylic acids is 3. The average molecular weight is 505 g/mol. The van der Waals surface area contributed by atoms with E-state index in [1.54, 1.807) is 32.0 Å². The maximum Gasteiger partial charge on any atom is 0.337 e. The molecule has 1 atom stereocenters. The number of aryl methyl sites for hydroxylation is 2. The van der Waals surface area contributed by atoms with Crippen LogP contribution in [0.1, 0.15) is 44.1 Å². The topological polar surface area (TPSA) is 119 Å². The zero-order chi connectivity index (χ0) is 26.0. The number of hydrogen-bond acceptors (Lipinski definition) is 7. The molecule has 0 aliphatic heterocycles. The van der Waals surface area contributed by atoms with Crippen LogP contribution in [-0.2, 0) is 9.53 Å². The van der Waals surface area contributed by atoms with E-state index in [2.05, 4.69) is 15.6 Å². The highest BCUT2D eigenvalue weighted by Crippen LogP contribution is 2.28. The molecule has 2 aromatic heterocycles. The molecule has 4 rings (SSSR count). The molecule has 10 heteroatoms. The van der Waals surface area contributed by atoms with Gasteiger partial charge in [0.05, 0.1) is 29.3 Å². The number of hydrogen-bond donors (Lipinski definition) is 2. The molecule has 36 heavy (non-hydrogen) atoms.